The van der Waals surface area contributed by atoms with E-state index in [0.717, 1.165) is 11.5 Å². The molecule has 0 aliphatic carbocycles. The predicted molar refractivity (Wildman–Crippen MR) is 76.9 cm³/mol. The molecule has 1 aliphatic rings. The zero-order valence-corrected chi connectivity index (χ0v) is 11.6. The maximum Gasteiger partial charge on any atom is 0.0761 e. The van der Waals surface area contributed by atoms with Gasteiger partial charge in [-0.3, -0.25) is 0 Å². The van der Waals surface area contributed by atoms with Crippen LogP contribution in [0.2, 0.25) is 0 Å². The lowest BCUT2D eigenvalue weighted by atomic mass is 9.98. The lowest BCUT2D eigenvalue weighted by molar-refractivity contribution is 0.199. The van der Waals surface area contributed by atoms with E-state index in [0.29, 0.717) is 0 Å². The summed E-state index contributed by atoms with van der Waals surface area (Å²) in [6.07, 6.45) is 4.94. The molecule has 1 saturated heterocycles. The SMILES string of the molecule is CCC1CCCN(c2ccc([C@@H](C)O)cc2)CC1. The highest BCUT2D eigenvalue weighted by Crippen LogP contribution is 2.25. The fourth-order valence-corrected chi connectivity index (χ4v) is 2.80. The second-order valence-electron chi connectivity index (χ2n) is 5.46. The molecular formula is C16H25NO. The van der Waals surface area contributed by atoms with E-state index in [2.05, 4.69) is 24.0 Å². The van der Waals surface area contributed by atoms with E-state index in [9.17, 15) is 5.11 Å². The highest BCUT2D eigenvalue weighted by Gasteiger charge is 2.16. The van der Waals surface area contributed by atoms with Gasteiger partial charge in [-0.1, -0.05) is 25.5 Å². The third-order valence-corrected chi connectivity index (χ3v) is 4.17. The third-order valence-electron chi connectivity index (χ3n) is 4.17. The monoisotopic (exact) mass is 247 g/mol. The van der Waals surface area contributed by atoms with Crippen molar-refractivity contribution in [3.05, 3.63) is 29.8 Å². The van der Waals surface area contributed by atoms with Crippen LogP contribution in [0.4, 0.5) is 5.69 Å². The molecule has 0 spiro atoms. The van der Waals surface area contributed by atoms with Crippen molar-refractivity contribution in [1.82, 2.24) is 0 Å². The van der Waals surface area contributed by atoms with E-state index in [-0.39, 0.29) is 6.10 Å². The van der Waals surface area contributed by atoms with Crippen LogP contribution in [0.1, 0.15) is 51.2 Å². The van der Waals surface area contributed by atoms with Crippen molar-refractivity contribution in [2.45, 2.75) is 45.6 Å². The summed E-state index contributed by atoms with van der Waals surface area (Å²) < 4.78 is 0. The maximum absolute atomic E-state index is 9.52. The molecule has 1 unspecified atom stereocenters. The Balaban J connectivity index is 2.02. The van der Waals surface area contributed by atoms with E-state index in [1.54, 1.807) is 0 Å². The van der Waals surface area contributed by atoms with Crippen LogP contribution in [0.5, 0.6) is 0 Å². The van der Waals surface area contributed by atoms with Gasteiger partial charge in [-0.15, -0.1) is 0 Å². The van der Waals surface area contributed by atoms with Gasteiger partial charge in [0, 0.05) is 18.8 Å². The summed E-state index contributed by atoms with van der Waals surface area (Å²) in [7, 11) is 0. The summed E-state index contributed by atoms with van der Waals surface area (Å²) in [5.74, 6) is 0.909. The van der Waals surface area contributed by atoms with Gasteiger partial charge >= 0.3 is 0 Å². The normalized spacial score (nSPS) is 22.6. The van der Waals surface area contributed by atoms with Gasteiger partial charge in [-0.2, -0.15) is 0 Å². The van der Waals surface area contributed by atoms with Crippen LogP contribution >= 0.6 is 0 Å². The Kier molecular flexibility index (Phi) is 4.65. The summed E-state index contributed by atoms with van der Waals surface area (Å²) in [5.41, 5.74) is 2.30. The van der Waals surface area contributed by atoms with Crippen molar-refractivity contribution in [2.75, 3.05) is 18.0 Å². The first-order chi connectivity index (χ1) is 8.70. The molecule has 2 atom stereocenters. The number of hydrogen-bond acceptors (Lipinski definition) is 2. The molecule has 100 valence electrons. The Morgan fingerprint density at radius 3 is 2.56 bits per heavy atom. The van der Waals surface area contributed by atoms with Crippen LogP contribution < -0.4 is 4.90 Å². The lowest BCUT2D eigenvalue weighted by Gasteiger charge is -2.23. The van der Waals surface area contributed by atoms with Gasteiger partial charge in [-0.05, 0) is 49.8 Å². The number of anilines is 1. The first-order valence-electron chi connectivity index (χ1n) is 7.23. The van der Waals surface area contributed by atoms with Crippen LogP contribution in [0.15, 0.2) is 24.3 Å². The van der Waals surface area contributed by atoms with Crippen LogP contribution in [0, 0.1) is 5.92 Å². The summed E-state index contributed by atoms with van der Waals surface area (Å²) >= 11 is 0. The van der Waals surface area contributed by atoms with Crippen LogP contribution in [0.3, 0.4) is 0 Å². The molecule has 1 fully saturated rings. The Labute approximate surface area is 111 Å². The van der Waals surface area contributed by atoms with Crippen molar-refractivity contribution < 1.29 is 5.11 Å². The molecule has 0 radical (unpaired) electrons. The van der Waals surface area contributed by atoms with E-state index in [1.807, 2.05) is 19.1 Å². The van der Waals surface area contributed by atoms with Crippen LogP contribution in [-0.4, -0.2) is 18.2 Å². The average molecular weight is 247 g/mol. The first kappa shape index (κ1) is 13.4. The fourth-order valence-electron chi connectivity index (χ4n) is 2.80. The van der Waals surface area contributed by atoms with Gasteiger partial charge < -0.3 is 10.0 Å². The molecule has 2 nitrogen and oxygen atoms in total. The van der Waals surface area contributed by atoms with Crippen molar-refractivity contribution in [1.29, 1.82) is 0 Å². The summed E-state index contributed by atoms with van der Waals surface area (Å²) in [6.45, 7) is 6.46. The minimum absolute atomic E-state index is 0.368. The lowest BCUT2D eigenvalue weighted by Crippen LogP contribution is -2.24. The van der Waals surface area contributed by atoms with Gasteiger partial charge in [0.15, 0.2) is 0 Å². The third kappa shape index (κ3) is 3.26. The second-order valence-corrected chi connectivity index (χ2v) is 5.46. The molecule has 1 aromatic rings. The highest BCUT2D eigenvalue weighted by atomic mass is 16.3. The van der Waals surface area contributed by atoms with Gasteiger partial charge in [-0.25, -0.2) is 0 Å². The van der Waals surface area contributed by atoms with Gasteiger partial charge in [0.2, 0.25) is 0 Å². The van der Waals surface area contributed by atoms with Crippen LogP contribution in [0.25, 0.3) is 0 Å². The Morgan fingerprint density at radius 2 is 1.94 bits per heavy atom. The quantitative estimate of drug-likeness (QED) is 0.879. The topological polar surface area (TPSA) is 23.5 Å². The van der Waals surface area contributed by atoms with Crippen molar-refractivity contribution in [3.8, 4) is 0 Å². The standard InChI is InChI=1S/C16H25NO/c1-3-14-5-4-11-17(12-10-14)16-8-6-15(7-9-16)13(2)18/h6-9,13-14,18H,3-5,10-12H2,1-2H3/t13-,14?/m1/s1. The summed E-state index contributed by atoms with van der Waals surface area (Å²) in [4.78, 5) is 2.49. The van der Waals surface area contributed by atoms with E-state index >= 15 is 0 Å². The number of rotatable bonds is 3. The Bertz CT molecular complexity index is 358. The zero-order chi connectivity index (χ0) is 13.0. The number of aliphatic hydroxyl groups is 1. The van der Waals surface area contributed by atoms with Gasteiger partial charge in [0.05, 0.1) is 6.10 Å². The van der Waals surface area contributed by atoms with Crippen molar-refractivity contribution in [3.63, 3.8) is 0 Å². The fraction of sp³-hybridized carbons (Fsp3) is 0.625. The number of nitrogens with zero attached hydrogens (tertiary/aromatic N) is 1. The molecule has 0 amide bonds. The smallest absolute Gasteiger partial charge is 0.0761 e. The molecule has 2 heteroatoms. The molecular weight excluding hydrogens is 222 g/mol. The highest BCUT2D eigenvalue weighted by molar-refractivity contribution is 5.48. The van der Waals surface area contributed by atoms with Crippen LogP contribution in [-0.2, 0) is 0 Å². The molecule has 0 bridgehead atoms. The summed E-state index contributed by atoms with van der Waals surface area (Å²) in [6, 6.07) is 8.38. The van der Waals surface area contributed by atoms with Gasteiger partial charge in [0.1, 0.15) is 0 Å². The molecule has 18 heavy (non-hydrogen) atoms. The Morgan fingerprint density at radius 1 is 1.22 bits per heavy atom. The molecule has 0 aromatic heterocycles. The molecule has 2 rings (SSSR count). The first-order valence-corrected chi connectivity index (χ1v) is 7.23. The summed E-state index contributed by atoms with van der Waals surface area (Å²) in [5, 5.41) is 9.52. The van der Waals surface area contributed by atoms with Gasteiger partial charge in [0.25, 0.3) is 0 Å². The Hall–Kier alpha value is -1.02. The van der Waals surface area contributed by atoms with E-state index in [1.165, 1.54) is 44.5 Å². The van der Waals surface area contributed by atoms with Crippen molar-refractivity contribution >= 4 is 5.69 Å². The molecule has 1 aliphatic heterocycles. The molecule has 1 heterocycles. The number of benzene rings is 1. The largest absolute Gasteiger partial charge is 0.389 e. The zero-order valence-electron chi connectivity index (χ0n) is 11.6. The van der Waals surface area contributed by atoms with Crippen molar-refractivity contribution in [2.24, 2.45) is 5.92 Å². The molecule has 1 aromatic carbocycles. The molecule has 0 saturated carbocycles. The average Bonchev–Trinajstić information content (AvgIpc) is 2.64. The number of aliphatic hydroxyl groups excluding tert-OH is 1. The minimum Gasteiger partial charge on any atom is -0.389 e. The second kappa shape index (κ2) is 6.24. The maximum atomic E-state index is 9.52. The predicted octanol–water partition coefficient (Wildman–Crippen LogP) is 3.76. The van der Waals surface area contributed by atoms with E-state index in [4.69, 9.17) is 0 Å². The number of hydrogen-bond donors (Lipinski definition) is 1. The van der Waals surface area contributed by atoms with E-state index < -0.39 is 0 Å². The minimum atomic E-state index is -0.368. The molecule has 1 N–H and O–H groups in total.